The summed E-state index contributed by atoms with van der Waals surface area (Å²) in [4.78, 5) is 0. The molecule has 4 N–H and O–H groups in total. The maximum atomic E-state index is 8.52. The Hall–Kier alpha value is -4.59. The molecule has 0 bridgehead atoms. The first-order chi connectivity index (χ1) is 23.9. The molecule has 3 atom stereocenters. The number of nitrogens with zero attached hydrogens (tertiary/aromatic N) is 1. The zero-order valence-corrected chi connectivity index (χ0v) is 30.8. The van der Waals surface area contributed by atoms with Gasteiger partial charge in [-0.15, -0.1) is 0 Å². The number of nitrogens with one attached hydrogen (secondary N) is 4. The lowest BCUT2D eigenvalue weighted by Crippen LogP contribution is -2.17. The first-order valence-electron chi connectivity index (χ1n) is 18.1. The fourth-order valence-corrected chi connectivity index (χ4v) is 6.52. The summed E-state index contributed by atoms with van der Waals surface area (Å²) in [7, 11) is 2.19. The summed E-state index contributed by atoms with van der Waals surface area (Å²) in [6.45, 7) is 12.6. The molecule has 0 radical (unpaired) electrons. The molecule has 0 heterocycles. The molecule has 266 valence electrons. The predicted molar refractivity (Wildman–Crippen MR) is 204 cm³/mol. The van der Waals surface area contributed by atoms with Gasteiger partial charge in [0.05, 0.1) is 6.61 Å². The van der Waals surface area contributed by atoms with E-state index < -0.39 is 0 Å². The number of ether oxygens (including phenoxy) is 3. The molecule has 1 fully saturated rings. The van der Waals surface area contributed by atoms with Gasteiger partial charge in [0.15, 0.2) is 0 Å². The zero-order chi connectivity index (χ0) is 36.3. The van der Waals surface area contributed by atoms with Crippen LogP contribution in [0.1, 0.15) is 107 Å². The third kappa shape index (κ3) is 11.0. The summed E-state index contributed by atoms with van der Waals surface area (Å²) in [5, 5.41) is 33.8. The van der Waals surface area contributed by atoms with E-state index in [2.05, 4.69) is 52.5 Å². The van der Waals surface area contributed by atoms with Crippen molar-refractivity contribution in [2.24, 2.45) is 17.8 Å². The van der Waals surface area contributed by atoms with E-state index in [9.17, 15) is 0 Å². The number of rotatable bonds is 14. The second-order valence-electron chi connectivity index (χ2n) is 14.5. The molecule has 8 heteroatoms. The highest BCUT2D eigenvalue weighted by molar-refractivity contribution is 6.08. The molecule has 0 amide bonds. The molecule has 1 saturated carbocycles. The molecule has 0 aromatic heterocycles. The maximum absolute atomic E-state index is 8.52. The first kappa shape index (κ1) is 38.2. The minimum atomic E-state index is -0.225. The van der Waals surface area contributed by atoms with Gasteiger partial charge in [0.2, 0.25) is 23.6 Å². The average Bonchev–Trinajstić information content (AvgIpc) is 3.50. The summed E-state index contributed by atoms with van der Waals surface area (Å²) in [5.74, 6) is 2.29. The zero-order valence-electron chi connectivity index (χ0n) is 30.8. The molecule has 50 heavy (non-hydrogen) atoms. The second-order valence-corrected chi connectivity index (χ2v) is 14.5. The van der Waals surface area contributed by atoms with Crippen LogP contribution in [0.3, 0.4) is 0 Å². The largest absolute Gasteiger partial charge is 0.494 e. The Morgan fingerprint density at radius 3 is 1.90 bits per heavy atom. The number of hydrogen-bond donors (Lipinski definition) is 4. The summed E-state index contributed by atoms with van der Waals surface area (Å²) in [6, 6.07) is 21.4. The summed E-state index contributed by atoms with van der Waals surface area (Å²) in [6.07, 6.45) is 11.0. The number of unbranched alkanes of at least 4 members (excludes halogenated alkanes) is 2. The maximum Gasteiger partial charge on any atom is 0.221 e. The van der Waals surface area contributed by atoms with Crippen molar-refractivity contribution in [1.82, 2.24) is 0 Å². The van der Waals surface area contributed by atoms with E-state index in [4.69, 9.17) is 35.8 Å². The number of benzene rings is 3. The van der Waals surface area contributed by atoms with Crippen molar-refractivity contribution in [3.63, 3.8) is 0 Å². The van der Waals surface area contributed by atoms with Crippen LogP contribution < -0.4 is 4.74 Å². The van der Waals surface area contributed by atoms with Gasteiger partial charge in [-0.25, -0.2) is 4.58 Å². The van der Waals surface area contributed by atoms with Crippen LogP contribution in [-0.2, 0) is 14.9 Å². The standard InChI is InChI=1S/C42H56N5O3/c1-7-29-24-31(35(25-29)28-47(6)8-2)14-10-9-11-23-48-37-18-13-17-34(27-37)41(46)50-40(45)33-16-12-15-32(26-33)39(44)49-38(43)30-19-21-36(22-20-30)42(3,4)5/h12-13,15-22,26-29,31,35,43-46H,7-11,14,23-25H2,1-6H3/q+1. The van der Waals surface area contributed by atoms with E-state index in [1.54, 1.807) is 36.4 Å². The van der Waals surface area contributed by atoms with Crippen molar-refractivity contribution >= 4 is 29.8 Å². The minimum absolute atomic E-state index is 0.00342. The van der Waals surface area contributed by atoms with Crippen LogP contribution >= 0.6 is 0 Å². The topological polar surface area (TPSA) is 126 Å². The third-order valence-corrected chi connectivity index (χ3v) is 9.76. The van der Waals surface area contributed by atoms with Gasteiger partial charge in [-0.3, -0.25) is 21.6 Å². The summed E-state index contributed by atoms with van der Waals surface area (Å²) >= 11 is 0. The van der Waals surface area contributed by atoms with Gasteiger partial charge in [0.1, 0.15) is 25.6 Å². The second kappa shape index (κ2) is 17.9. The van der Waals surface area contributed by atoms with Crippen LogP contribution in [0.25, 0.3) is 0 Å². The van der Waals surface area contributed by atoms with Crippen molar-refractivity contribution in [2.45, 2.75) is 85.0 Å². The molecule has 0 saturated heterocycles. The summed E-state index contributed by atoms with van der Waals surface area (Å²) < 4.78 is 19.5. The van der Waals surface area contributed by atoms with E-state index in [0.717, 1.165) is 36.8 Å². The van der Waals surface area contributed by atoms with E-state index in [1.165, 1.54) is 32.1 Å². The highest BCUT2D eigenvalue weighted by Crippen LogP contribution is 2.40. The van der Waals surface area contributed by atoms with Crippen molar-refractivity contribution in [3.8, 4) is 5.75 Å². The van der Waals surface area contributed by atoms with E-state index in [1.807, 2.05) is 36.4 Å². The van der Waals surface area contributed by atoms with E-state index >= 15 is 0 Å². The van der Waals surface area contributed by atoms with Gasteiger partial charge in [-0.1, -0.05) is 71.2 Å². The van der Waals surface area contributed by atoms with Crippen LogP contribution in [0.4, 0.5) is 0 Å². The highest BCUT2D eigenvalue weighted by atomic mass is 16.5. The molecule has 1 aliphatic carbocycles. The van der Waals surface area contributed by atoms with Crippen molar-refractivity contribution in [1.29, 1.82) is 21.6 Å². The van der Waals surface area contributed by atoms with E-state index in [0.29, 0.717) is 40.5 Å². The molecule has 3 unspecified atom stereocenters. The van der Waals surface area contributed by atoms with Crippen LogP contribution in [0.2, 0.25) is 0 Å². The monoisotopic (exact) mass is 678 g/mol. The van der Waals surface area contributed by atoms with Crippen LogP contribution in [0, 0.1) is 39.4 Å². The predicted octanol–water partition coefficient (Wildman–Crippen LogP) is 9.44. The van der Waals surface area contributed by atoms with Gasteiger partial charge >= 0.3 is 0 Å². The smallest absolute Gasteiger partial charge is 0.221 e. The van der Waals surface area contributed by atoms with E-state index in [-0.39, 0.29) is 29.0 Å². The Morgan fingerprint density at radius 2 is 1.32 bits per heavy atom. The SMILES string of the molecule is CCC1CC(C=[N+](C)CC)C(CCCCCOc2cccc(C(=N)OC(=N)c3cccc(C(=N)OC(=N)c4ccc(C(C)(C)C)cc4)c3)c2)C1. The Morgan fingerprint density at radius 1 is 0.740 bits per heavy atom. The van der Waals surface area contributed by atoms with Crippen LogP contribution in [0.5, 0.6) is 5.75 Å². The molecule has 0 spiro atoms. The van der Waals surface area contributed by atoms with Gasteiger partial charge in [-0.2, -0.15) is 0 Å². The molecule has 4 rings (SSSR count). The van der Waals surface area contributed by atoms with Crippen molar-refractivity contribution in [2.75, 3.05) is 20.2 Å². The summed E-state index contributed by atoms with van der Waals surface area (Å²) in [5.41, 5.74) is 3.01. The minimum Gasteiger partial charge on any atom is -0.494 e. The molecular weight excluding hydrogens is 622 g/mol. The van der Waals surface area contributed by atoms with Crippen molar-refractivity contribution in [3.05, 3.63) is 101 Å². The molecule has 3 aromatic carbocycles. The van der Waals surface area contributed by atoms with Gasteiger partial charge in [-0.05, 0) is 104 Å². The van der Waals surface area contributed by atoms with Gasteiger partial charge in [0.25, 0.3) is 0 Å². The Labute approximate surface area is 298 Å². The highest BCUT2D eigenvalue weighted by Gasteiger charge is 2.33. The van der Waals surface area contributed by atoms with Crippen LogP contribution in [0.15, 0.2) is 72.8 Å². The Balaban J connectivity index is 1.23. The fraction of sp³-hybridized carbons (Fsp3) is 0.452. The first-order valence-corrected chi connectivity index (χ1v) is 18.1. The number of hydrogen-bond acceptors (Lipinski definition) is 7. The van der Waals surface area contributed by atoms with Gasteiger partial charge < -0.3 is 14.2 Å². The third-order valence-electron chi connectivity index (χ3n) is 9.76. The Bertz CT molecular complexity index is 1670. The Kier molecular flexibility index (Phi) is 13.7. The van der Waals surface area contributed by atoms with Gasteiger partial charge in [0, 0.05) is 28.2 Å². The lowest BCUT2D eigenvalue weighted by atomic mass is 9.87. The molecule has 0 aliphatic heterocycles. The molecule has 3 aromatic rings. The quantitative estimate of drug-likeness (QED) is 0.0587. The average molecular weight is 679 g/mol. The lowest BCUT2D eigenvalue weighted by Gasteiger charge is -2.19. The fourth-order valence-electron chi connectivity index (χ4n) is 6.52. The van der Waals surface area contributed by atoms with Crippen LogP contribution in [-0.4, -0.2) is 54.6 Å². The molecular formula is C42H56N5O3+. The lowest BCUT2D eigenvalue weighted by molar-refractivity contribution is -0.491. The normalized spacial score (nSPS) is 17.6. The van der Waals surface area contributed by atoms with Crippen molar-refractivity contribution < 1.29 is 18.8 Å². The molecule has 8 nitrogen and oxygen atoms in total. The molecule has 1 aliphatic rings.